The van der Waals surface area contributed by atoms with Crippen LogP contribution in [0.2, 0.25) is 0 Å². The number of aryl methyl sites for hydroxylation is 2. The van der Waals surface area contributed by atoms with Crippen LogP contribution in [0.25, 0.3) is 22.4 Å². The Morgan fingerprint density at radius 2 is 1.77 bits per heavy atom. The first kappa shape index (κ1) is 18.4. The number of pyridine rings is 1. The molecule has 0 atom stereocenters. The minimum Gasteiger partial charge on any atom is -0.480 e. The summed E-state index contributed by atoms with van der Waals surface area (Å²) in [6.07, 6.45) is 2.94. The van der Waals surface area contributed by atoms with Crippen molar-refractivity contribution >= 4 is 11.2 Å². The van der Waals surface area contributed by atoms with E-state index in [2.05, 4.69) is 62.5 Å². The minimum absolute atomic E-state index is 0.346. The van der Waals surface area contributed by atoms with Gasteiger partial charge in [0, 0.05) is 24.5 Å². The zero-order valence-electron chi connectivity index (χ0n) is 16.8. The van der Waals surface area contributed by atoms with Crippen molar-refractivity contribution in [3.05, 3.63) is 35.3 Å². The number of hydrogen-bond donors (Lipinski definition) is 0. The fraction of sp³-hybridized carbons (Fsp3) is 0.476. The van der Waals surface area contributed by atoms with Crippen molar-refractivity contribution in [2.75, 3.05) is 7.11 Å². The SMILES string of the molecule is CCc1nc2c(C(C)C)cn(C)c2nc1-c1ccc(C(C)C)nc1OC. The first-order valence-corrected chi connectivity index (χ1v) is 9.28. The first-order chi connectivity index (χ1) is 12.4. The predicted molar refractivity (Wildman–Crippen MR) is 106 cm³/mol. The van der Waals surface area contributed by atoms with Gasteiger partial charge in [-0.2, -0.15) is 0 Å². The number of ether oxygens (including phenoxy) is 1. The fourth-order valence-electron chi connectivity index (χ4n) is 3.23. The molecule has 3 aromatic rings. The Labute approximate surface area is 155 Å². The predicted octanol–water partition coefficient (Wildman–Crippen LogP) is 4.85. The van der Waals surface area contributed by atoms with Gasteiger partial charge in [-0.05, 0) is 30.4 Å². The molecule has 0 aliphatic carbocycles. The third kappa shape index (κ3) is 3.06. The molecule has 0 saturated carbocycles. The van der Waals surface area contributed by atoms with Crippen LogP contribution in [0.15, 0.2) is 18.3 Å². The van der Waals surface area contributed by atoms with E-state index >= 15 is 0 Å². The van der Waals surface area contributed by atoms with Gasteiger partial charge in [-0.15, -0.1) is 0 Å². The van der Waals surface area contributed by atoms with Gasteiger partial charge < -0.3 is 9.30 Å². The van der Waals surface area contributed by atoms with Crippen LogP contribution in [0.3, 0.4) is 0 Å². The van der Waals surface area contributed by atoms with Crippen molar-refractivity contribution in [1.29, 1.82) is 0 Å². The van der Waals surface area contributed by atoms with Crippen molar-refractivity contribution in [1.82, 2.24) is 19.5 Å². The van der Waals surface area contributed by atoms with E-state index in [1.165, 1.54) is 5.56 Å². The van der Waals surface area contributed by atoms with E-state index in [4.69, 9.17) is 14.7 Å². The van der Waals surface area contributed by atoms with Crippen LogP contribution in [0, 0.1) is 0 Å². The zero-order valence-corrected chi connectivity index (χ0v) is 16.8. The molecule has 0 aliphatic rings. The molecule has 3 rings (SSSR count). The van der Waals surface area contributed by atoms with E-state index in [0.717, 1.165) is 40.2 Å². The summed E-state index contributed by atoms with van der Waals surface area (Å²) < 4.78 is 7.65. The van der Waals surface area contributed by atoms with Gasteiger partial charge in [0.2, 0.25) is 5.88 Å². The van der Waals surface area contributed by atoms with Crippen molar-refractivity contribution in [2.24, 2.45) is 7.05 Å². The summed E-state index contributed by atoms with van der Waals surface area (Å²) in [6.45, 7) is 10.7. The second-order valence-corrected chi connectivity index (χ2v) is 7.34. The number of rotatable bonds is 5. The maximum absolute atomic E-state index is 5.59. The lowest BCUT2D eigenvalue weighted by Crippen LogP contribution is -2.03. The molecule has 138 valence electrons. The van der Waals surface area contributed by atoms with E-state index in [-0.39, 0.29) is 0 Å². The molecule has 0 amide bonds. The van der Waals surface area contributed by atoms with Gasteiger partial charge in [-0.25, -0.2) is 15.0 Å². The smallest absolute Gasteiger partial charge is 0.222 e. The lowest BCUT2D eigenvalue weighted by molar-refractivity contribution is 0.397. The van der Waals surface area contributed by atoms with Crippen LogP contribution >= 0.6 is 0 Å². The summed E-state index contributed by atoms with van der Waals surface area (Å²) in [6, 6.07) is 4.11. The van der Waals surface area contributed by atoms with Crippen molar-refractivity contribution in [2.45, 2.75) is 52.9 Å². The second kappa shape index (κ2) is 7.06. The number of methoxy groups -OCH3 is 1. The first-order valence-electron chi connectivity index (χ1n) is 9.28. The number of fused-ring (bicyclic) bond motifs is 1. The topological polar surface area (TPSA) is 52.8 Å². The van der Waals surface area contributed by atoms with Crippen LogP contribution < -0.4 is 4.74 Å². The van der Waals surface area contributed by atoms with Gasteiger partial charge >= 0.3 is 0 Å². The molecule has 0 fully saturated rings. The lowest BCUT2D eigenvalue weighted by Gasteiger charge is -2.13. The highest BCUT2D eigenvalue weighted by Gasteiger charge is 2.20. The summed E-state index contributed by atoms with van der Waals surface area (Å²) in [5.74, 6) is 1.36. The Hall–Kier alpha value is -2.43. The third-order valence-corrected chi connectivity index (χ3v) is 4.77. The van der Waals surface area contributed by atoms with E-state index in [0.29, 0.717) is 17.7 Å². The molecular weight excluding hydrogens is 324 g/mol. The molecule has 3 aromatic heterocycles. The Bertz CT molecular complexity index is 941. The van der Waals surface area contributed by atoms with Gasteiger partial charge in [-0.3, -0.25) is 0 Å². The summed E-state index contributed by atoms with van der Waals surface area (Å²) in [7, 11) is 3.68. The highest BCUT2D eigenvalue weighted by Crippen LogP contribution is 2.33. The van der Waals surface area contributed by atoms with E-state index in [9.17, 15) is 0 Å². The largest absolute Gasteiger partial charge is 0.480 e. The second-order valence-electron chi connectivity index (χ2n) is 7.34. The average molecular weight is 352 g/mol. The van der Waals surface area contributed by atoms with Gasteiger partial charge in [0.1, 0.15) is 5.52 Å². The molecule has 0 aliphatic heterocycles. The Kier molecular flexibility index (Phi) is 4.99. The summed E-state index contributed by atoms with van der Waals surface area (Å²) in [5.41, 5.74) is 6.87. The van der Waals surface area contributed by atoms with Crippen LogP contribution in [0.5, 0.6) is 5.88 Å². The quantitative estimate of drug-likeness (QED) is 0.659. The molecule has 5 nitrogen and oxygen atoms in total. The van der Waals surface area contributed by atoms with E-state index < -0.39 is 0 Å². The fourth-order valence-corrected chi connectivity index (χ4v) is 3.23. The van der Waals surface area contributed by atoms with Gasteiger partial charge in [0.05, 0.1) is 24.1 Å². The van der Waals surface area contributed by atoms with Crippen molar-refractivity contribution < 1.29 is 4.74 Å². The number of hydrogen-bond acceptors (Lipinski definition) is 4. The molecule has 0 bridgehead atoms. The highest BCUT2D eigenvalue weighted by atomic mass is 16.5. The van der Waals surface area contributed by atoms with Gasteiger partial charge in [0.25, 0.3) is 0 Å². The molecule has 0 unspecified atom stereocenters. The monoisotopic (exact) mass is 352 g/mol. The maximum Gasteiger partial charge on any atom is 0.222 e. The van der Waals surface area contributed by atoms with Gasteiger partial charge in [-0.1, -0.05) is 34.6 Å². The Morgan fingerprint density at radius 3 is 2.35 bits per heavy atom. The molecule has 0 radical (unpaired) electrons. The summed E-state index contributed by atoms with van der Waals surface area (Å²) in [4.78, 5) is 14.6. The zero-order chi connectivity index (χ0) is 19.0. The van der Waals surface area contributed by atoms with Crippen molar-refractivity contribution in [3.63, 3.8) is 0 Å². The summed E-state index contributed by atoms with van der Waals surface area (Å²) >= 11 is 0. The molecule has 3 heterocycles. The lowest BCUT2D eigenvalue weighted by atomic mass is 10.0. The van der Waals surface area contributed by atoms with Gasteiger partial charge in [0.15, 0.2) is 5.65 Å². The molecule has 0 N–H and O–H groups in total. The van der Waals surface area contributed by atoms with Crippen LogP contribution in [0.4, 0.5) is 0 Å². The molecular formula is C21H28N4O. The Balaban J connectivity index is 2.26. The maximum atomic E-state index is 5.59. The number of aromatic nitrogens is 4. The van der Waals surface area contributed by atoms with Crippen molar-refractivity contribution in [3.8, 4) is 17.1 Å². The highest BCUT2D eigenvalue weighted by molar-refractivity contribution is 5.81. The third-order valence-electron chi connectivity index (χ3n) is 4.77. The number of nitrogens with zero attached hydrogens (tertiary/aromatic N) is 4. The molecule has 0 saturated heterocycles. The molecule has 0 spiro atoms. The minimum atomic E-state index is 0.346. The molecule has 0 aromatic carbocycles. The molecule has 26 heavy (non-hydrogen) atoms. The van der Waals surface area contributed by atoms with Crippen LogP contribution in [-0.4, -0.2) is 26.6 Å². The van der Waals surface area contributed by atoms with E-state index in [1.54, 1.807) is 7.11 Å². The standard InChI is InChI=1S/C21H28N4O/c1-8-16-18(14-9-10-17(13(4)5)23-21(14)26-7)24-20-19(22-16)15(12(2)3)11-25(20)6/h9-13H,8H2,1-7H3. The normalized spacial score (nSPS) is 11.7. The van der Waals surface area contributed by atoms with Crippen LogP contribution in [-0.2, 0) is 13.5 Å². The molecule has 5 heteroatoms. The average Bonchev–Trinajstić information content (AvgIpc) is 2.96. The van der Waals surface area contributed by atoms with Crippen LogP contribution in [0.1, 0.15) is 63.4 Å². The summed E-state index contributed by atoms with van der Waals surface area (Å²) in [5, 5.41) is 0. The van der Waals surface area contributed by atoms with E-state index in [1.807, 2.05) is 7.05 Å². The Morgan fingerprint density at radius 1 is 1.04 bits per heavy atom.